The van der Waals surface area contributed by atoms with Crippen LogP contribution in [0.4, 0.5) is 17.6 Å². The Kier molecular flexibility index (Phi) is 2.83. The third-order valence-electron chi connectivity index (χ3n) is 2.24. The first-order valence-electron chi connectivity index (χ1n) is 4.77. The van der Waals surface area contributed by atoms with Crippen molar-refractivity contribution in [1.29, 1.82) is 0 Å². The van der Waals surface area contributed by atoms with Crippen LogP contribution in [0.15, 0.2) is 42.6 Å². The number of hydrogen-bond donors (Lipinski definition) is 0. The predicted octanol–water partition coefficient (Wildman–Crippen LogP) is 3.91. The summed E-state index contributed by atoms with van der Waals surface area (Å²) in [5.74, 6) is -1.29. The Bertz CT molecular complexity index is 520. The Morgan fingerprint density at radius 1 is 0.941 bits per heavy atom. The van der Waals surface area contributed by atoms with Crippen LogP contribution in [-0.4, -0.2) is 4.98 Å². The van der Waals surface area contributed by atoms with E-state index in [0.717, 1.165) is 6.07 Å². The molecule has 1 heterocycles. The normalized spacial score (nSPS) is 11.5. The van der Waals surface area contributed by atoms with Crippen LogP contribution in [0.1, 0.15) is 5.56 Å². The monoisotopic (exact) mass is 241 g/mol. The van der Waals surface area contributed by atoms with Gasteiger partial charge in [0, 0.05) is 11.8 Å². The van der Waals surface area contributed by atoms with Crippen molar-refractivity contribution in [2.75, 3.05) is 0 Å². The molecule has 0 unspecified atom stereocenters. The second-order valence-corrected chi connectivity index (χ2v) is 3.38. The number of benzene rings is 1. The van der Waals surface area contributed by atoms with Crippen molar-refractivity contribution < 1.29 is 17.6 Å². The zero-order valence-electron chi connectivity index (χ0n) is 8.50. The van der Waals surface area contributed by atoms with Crippen LogP contribution >= 0.6 is 0 Å². The van der Waals surface area contributed by atoms with E-state index < -0.39 is 17.6 Å². The van der Waals surface area contributed by atoms with Crippen molar-refractivity contribution in [3.63, 3.8) is 0 Å². The molecule has 0 atom stereocenters. The molecule has 2 aromatic rings. The van der Waals surface area contributed by atoms with Gasteiger partial charge in [0.2, 0.25) is 0 Å². The first kappa shape index (κ1) is 11.6. The summed E-state index contributed by atoms with van der Waals surface area (Å²) < 4.78 is 51.1. The number of hydrogen-bond acceptors (Lipinski definition) is 1. The van der Waals surface area contributed by atoms with Crippen molar-refractivity contribution in [3.05, 3.63) is 54.0 Å². The van der Waals surface area contributed by atoms with Gasteiger partial charge in [-0.15, -0.1) is 0 Å². The van der Waals surface area contributed by atoms with Gasteiger partial charge in [-0.3, -0.25) is 4.98 Å². The fraction of sp³-hybridized carbons (Fsp3) is 0.0833. The summed E-state index contributed by atoms with van der Waals surface area (Å²) in [6.07, 6.45) is -3.30. The number of alkyl halides is 3. The molecule has 0 bridgehead atoms. The van der Waals surface area contributed by atoms with E-state index in [1.54, 1.807) is 12.1 Å². The van der Waals surface area contributed by atoms with Gasteiger partial charge in [0.15, 0.2) is 0 Å². The van der Waals surface area contributed by atoms with E-state index in [1.165, 1.54) is 18.3 Å². The molecule has 1 aromatic carbocycles. The standard InChI is InChI=1S/C12H7F4N/c13-11-8(10-6-1-2-7-17-10)4-3-5-9(11)12(14,15)16/h1-7H. The quantitative estimate of drug-likeness (QED) is 0.690. The highest BCUT2D eigenvalue weighted by atomic mass is 19.4. The minimum atomic E-state index is -4.70. The van der Waals surface area contributed by atoms with Crippen LogP contribution in [0.3, 0.4) is 0 Å². The predicted molar refractivity (Wildman–Crippen MR) is 54.6 cm³/mol. The molecule has 1 aromatic heterocycles. The molecule has 5 heteroatoms. The van der Waals surface area contributed by atoms with Gasteiger partial charge in [-0.05, 0) is 24.3 Å². The lowest BCUT2D eigenvalue weighted by molar-refractivity contribution is -0.139. The first-order chi connectivity index (χ1) is 8.00. The van der Waals surface area contributed by atoms with Crippen LogP contribution in [0.25, 0.3) is 11.3 Å². The maximum atomic E-state index is 13.7. The Morgan fingerprint density at radius 2 is 1.71 bits per heavy atom. The van der Waals surface area contributed by atoms with Gasteiger partial charge in [0.25, 0.3) is 0 Å². The third kappa shape index (κ3) is 2.27. The van der Waals surface area contributed by atoms with E-state index >= 15 is 0 Å². The molecule has 0 aliphatic heterocycles. The van der Waals surface area contributed by atoms with Crippen LogP contribution in [0.2, 0.25) is 0 Å². The summed E-state index contributed by atoms with van der Waals surface area (Å²) in [4.78, 5) is 3.83. The van der Waals surface area contributed by atoms with Crippen LogP contribution < -0.4 is 0 Å². The Labute approximate surface area is 94.7 Å². The van der Waals surface area contributed by atoms with E-state index in [4.69, 9.17) is 0 Å². The van der Waals surface area contributed by atoms with Crippen LogP contribution in [0.5, 0.6) is 0 Å². The molecule has 1 nitrogen and oxygen atoms in total. The van der Waals surface area contributed by atoms with Gasteiger partial charge in [-0.1, -0.05) is 12.1 Å². The smallest absolute Gasteiger partial charge is 0.256 e. The minimum absolute atomic E-state index is 0.152. The molecular weight excluding hydrogens is 234 g/mol. The lowest BCUT2D eigenvalue weighted by atomic mass is 10.1. The molecule has 88 valence electrons. The molecule has 0 aliphatic carbocycles. The van der Waals surface area contributed by atoms with E-state index in [-0.39, 0.29) is 11.3 Å². The van der Waals surface area contributed by atoms with Gasteiger partial charge in [-0.25, -0.2) is 4.39 Å². The molecule has 0 aliphatic rings. The number of rotatable bonds is 1. The Hall–Kier alpha value is -1.91. The lowest BCUT2D eigenvalue weighted by Gasteiger charge is -2.10. The van der Waals surface area contributed by atoms with E-state index in [0.29, 0.717) is 6.07 Å². The molecule has 17 heavy (non-hydrogen) atoms. The van der Waals surface area contributed by atoms with Crippen molar-refractivity contribution in [2.24, 2.45) is 0 Å². The second-order valence-electron chi connectivity index (χ2n) is 3.38. The van der Waals surface area contributed by atoms with Crippen molar-refractivity contribution in [1.82, 2.24) is 4.98 Å². The Morgan fingerprint density at radius 3 is 2.29 bits per heavy atom. The summed E-state index contributed by atoms with van der Waals surface area (Å²) in [5, 5.41) is 0. The van der Waals surface area contributed by atoms with E-state index in [1.807, 2.05) is 0 Å². The van der Waals surface area contributed by atoms with Gasteiger partial charge in [0.05, 0.1) is 11.3 Å². The van der Waals surface area contributed by atoms with E-state index in [9.17, 15) is 17.6 Å². The minimum Gasteiger partial charge on any atom is -0.256 e. The SMILES string of the molecule is Fc1c(-c2ccccn2)cccc1C(F)(F)F. The van der Waals surface area contributed by atoms with Crippen molar-refractivity contribution >= 4 is 0 Å². The molecule has 0 fully saturated rings. The molecule has 0 amide bonds. The van der Waals surface area contributed by atoms with Crippen molar-refractivity contribution in [3.8, 4) is 11.3 Å². The average Bonchev–Trinajstić information content (AvgIpc) is 2.29. The highest BCUT2D eigenvalue weighted by Gasteiger charge is 2.35. The zero-order chi connectivity index (χ0) is 12.5. The summed E-state index contributed by atoms with van der Waals surface area (Å²) >= 11 is 0. The number of aromatic nitrogens is 1. The van der Waals surface area contributed by atoms with Gasteiger partial charge < -0.3 is 0 Å². The number of pyridine rings is 1. The van der Waals surface area contributed by atoms with Crippen LogP contribution in [-0.2, 0) is 6.18 Å². The first-order valence-corrected chi connectivity index (χ1v) is 4.77. The average molecular weight is 241 g/mol. The lowest BCUT2D eigenvalue weighted by Crippen LogP contribution is -2.08. The van der Waals surface area contributed by atoms with Crippen molar-refractivity contribution in [2.45, 2.75) is 6.18 Å². The largest absolute Gasteiger partial charge is 0.419 e. The highest BCUT2D eigenvalue weighted by Crippen LogP contribution is 2.34. The molecule has 0 saturated heterocycles. The molecule has 0 radical (unpaired) electrons. The molecule has 2 rings (SSSR count). The number of halogens is 4. The maximum absolute atomic E-state index is 13.7. The summed E-state index contributed by atoms with van der Waals surface area (Å²) in [5.41, 5.74) is -1.25. The number of nitrogens with zero attached hydrogens (tertiary/aromatic N) is 1. The fourth-order valence-electron chi connectivity index (χ4n) is 1.47. The Balaban J connectivity index is 2.58. The van der Waals surface area contributed by atoms with E-state index in [2.05, 4.69) is 4.98 Å². The highest BCUT2D eigenvalue weighted by molar-refractivity contribution is 5.61. The molecule has 0 spiro atoms. The third-order valence-corrected chi connectivity index (χ3v) is 2.24. The fourth-order valence-corrected chi connectivity index (χ4v) is 1.47. The molecular formula is C12H7F4N. The molecule has 0 saturated carbocycles. The van der Waals surface area contributed by atoms with Gasteiger partial charge >= 0.3 is 6.18 Å². The van der Waals surface area contributed by atoms with Gasteiger partial charge in [-0.2, -0.15) is 13.2 Å². The maximum Gasteiger partial charge on any atom is 0.419 e. The van der Waals surface area contributed by atoms with Crippen LogP contribution in [0, 0.1) is 5.82 Å². The van der Waals surface area contributed by atoms with Gasteiger partial charge in [0.1, 0.15) is 5.82 Å². The molecule has 0 N–H and O–H groups in total. The topological polar surface area (TPSA) is 12.9 Å². The summed E-state index contributed by atoms with van der Waals surface area (Å²) in [6.45, 7) is 0. The zero-order valence-corrected chi connectivity index (χ0v) is 8.50. The summed E-state index contributed by atoms with van der Waals surface area (Å²) in [7, 11) is 0. The second kappa shape index (κ2) is 4.16. The summed E-state index contributed by atoms with van der Waals surface area (Å²) in [6, 6.07) is 7.79.